The third kappa shape index (κ3) is 2.31. The average Bonchev–Trinajstić information content (AvgIpc) is 2.81. The number of nitrogens with one attached hydrogen (secondary N) is 2. The van der Waals surface area contributed by atoms with Gasteiger partial charge in [-0.2, -0.15) is 5.10 Å². The number of aromatic amines is 1. The molecule has 6 nitrogen and oxygen atoms in total. The maximum absolute atomic E-state index is 11.8. The lowest BCUT2D eigenvalue weighted by molar-refractivity contribution is 0.0692. The fourth-order valence-electron chi connectivity index (χ4n) is 1.38. The number of hydrogen-bond acceptors (Lipinski definition) is 3. The first-order chi connectivity index (χ1) is 8.18. The van der Waals surface area contributed by atoms with Crippen molar-refractivity contribution in [2.45, 2.75) is 0 Å². The second-order valence-corrected chi connectivity index (χ2v) is 3.28. The van der Waals surface area contributed by atoms with Crippen molar-refractivity contribution in [2.24, 2.45) is 0 Å². The van der Waals surface area contributed by atoms with Gasteiger partial charge in [-0.1, -0.05) is 12.1 Å². The summed E-state index contributed by atoms with van der Waals surface area (Å²) in [6.45, 7) is 0. The van der Waals surface area contributed by atoms with Gasteiger partial charge in [0.05, 0.1) is 17.3 Å². The average molecular weight is 231 g/mol. The van der Waals surface area contributed by atoms with Crippen LogP contribution in [0.5, 0.6) is 0 Å². The summed E-state index contributed by atoms with van der Waals surface area (Å²) in [6, 6.07) is 7.57. The normalized spacial score (nSPS) is 9.88. The van der Waals surface area contributed by atoms with E-state index in [2.05, 4.69) is 15.5 Å². The van der Waals surface area contributed by atoms with Gasteiger partial charge in [0.1, 0.15) is 5.82 Å². The van der Waals surface area contributed by atoms with Crippen molar-refractivity contribution in [3.8, 4) is 0 Å². The predicted octanol–water partition coefficient (Wildman–Crippen LogP) is 1.36. The molecule has 86 valence electrons. The van der Waals surface area contributed by atoms with Gasteiger partial charge in [-0.25, -0.2) is 4.79 Å². The van der Waals surface area contributed by atoms with Crippen molar-refractivity contribution in [2.75, 3.05) is 5.32 Å². The fraction of sp³-hybridized carbons (Fsp3) is 0. The molecule has 0 radical (unpaired) electrons. The largest absolute Gasteiger partial charge is 0.478 e. The molecule has 17 heavy (non-hydrogen) atoms. The van der Waals surface area contributed by atoms with Crippen LogP contribution in [0.4, 0.5) is 5.82 Å². The highest BCUT2D eigenvalue weighted by molar-refractivity contribution is 6.10. The summed E-state index contributed by atoms with van der Waals surface area (Å²) in [4.78, 5) is 22.7. The Morgan fingerprint density at radius 3 is 2.47 bits per heavy atom. The number of nitrogens with zero attached hydrogens (tertiary/aromatic N) is 1. The van der Waals surface area contributed by atoms with Crippen LogP contribution >= 0.6 is 0 Å². The van der Waals surface area contributed by atoms with E-state index in [4.69, 9.17) is 5.11 Å². The number of carbonyl (C=O) groups excluding carboxylic acids is 1. The van der Waals surface area contributed by atoms with E-state index in [1.54, 1.807) is 18.2 Å². The first-order valence-electron chi connectivity index (χ1n) is 4.81. The van der Waals surface area contributed by atoms with Crippen molar-refractivity contribution in [3.63, 3.8) is 0 Å². The smallest absolute Gasteiger partial charge is 0.336 e. The fourth-order valence-corrected chi connectivity index (χ4v) is 1.38. The van der Waals surface area contributed by atoms with Crippen LogP contribution in [0.2, 0.25) is 0 Å². The second-order valence-electron chi connectivity index (χ2n) is 3.28. The van der Waals surface area contributed by atoms with Crippen molar-refractivity contribution >= 4 is 17.7 Å². The molecule has 0 aliphatic carbocycles. The van der Waals surface area contributed by atoms with Gasteiger partial charge in [-0.3, -0.25) is 9.89 Å². The number of benzene rings is 1. The van der Waals surface area contributed by atoms with Gasteiger partial charge in [0.25, 0.3) is 5.91 Å². The number of carboxylic acid groups (broad SMARTS) is 1. The molecule has 2 rings (SSSR count). The molecule has 0 aliphatic heterocycles. The molecule has 3 N–H and O–H groups in total. The van der Waals surface area contributed by atoms with E-state index in [1.165, 1.54) is 18.3 Å². The van der Waals surface area contributed by atoms with E-state index >= 15 is 0 Å². The molecule has 0 atom stereocenters. The van der Waals surface area contributed by atoms with E-state index in [-0.39, 0.29) is 11.1 Å². The zero-order valence-corrected chi connectivity index (χ0v) is 8.68. The number of rotatable bonds is 3. The Bertz CT molecular complexity index is 549. The molecule has 0 fully saturated rings. The Labute approximate surface area is 96.3 Å². The van der Waals surface area contributed by atoms with Crippen LogP contribution in [0.1, 0.15) is 20.7 Å². The quantitative estimate of drug-likeness (QED) is 0.743. The summed E-state index contributed by atoms with van der Waals surface area (Å²) < 4.78 is 0. The topological polar surface area (TPSA) is 95.1 Å². The zero-order valence-electron chi connectivity index (χ0n) is 8.68. The minimum absolute atomic E-state index is 0.0375. The van der Waals surface area contributed by atoms with Gasteiger partial charge < -0.3 is 10.4 Å². The number of H-pyrrole nitrogens is 1. The number of aromatic carboxylic acids is 1. The molecular formula is C11H9N3O3. The molecule has 1 heterocycles. The Kier molecular flexibility index (Phi) is 2.87. The first-order valence-corrected chi connectivity index (χ1v) is 4.81. The summed E-state index contributed by atoms with van der Waals surface area (Å²) in [7, 11) is 0. The van der Waals surface area contributed by atoms with Crippen LogP contribution in [0.25, 0.3) is 0 Å². The minimum atomic E-state index is -1.14. The number of carboxylic acids is 1. The van der Waals surface area contributed by atoms with Crippen LogP contribution in [0.3, 0.4) is 0 Å². The predicted molar refractivity (Wildman–Crippen MR) is 59.9 cm³/mol. The molecule has 1 aromatic carbocycles. The zero-order chi connectivity index (χ0) is 12.3. The Hall–Kier alpha value is -2.63. The third-order valence-corrected chi connectivity index (χ3v) is 2.15. The van der Waals surface area contributed by atoms with Gasteiger partial charge in [0.15, 0.2) is 0 Å². The van der Waals surface area contributed by atoms with Crippen molar-refractivity contribution < 1.29 is 14.7 Å². The number of aromatic nitrogens is 2. The summed E-state index contributed by atoms with van der Waals surface area (Å²) in [5.41, 5.74) is 0.0686. The molecule has 0 spiro atoms. The Morgan fingerprint density at radius 1 is 1.18 bits per heavy atom. The third-order valence-electron chi connectivity index (χ3n) is 2.15. The summed E-state index contributed by atoms with van der Waals surface area (Å²) in [5, 5.41) is 17.7. The summed E-state index contributed by atoms with van der Waals surface area (Å²) >= 11 is 0. The number of hydrogen-bond donors (Lipinski definition) is 3. The van der Waals surface area contributed by atoms with E-state index in [0.29, 0.717) is 5.82 Å². The van der Waals surface area contributed by atoms with Gasteiger partial charge in [-0.15, -0.1) is 0 Å². The van der Waals surface area contributed by atoms with Crippen molar-refractivity contribution in [1.82, 2.24) is 10.2 Å². The van der Waals surface area contributed by atoms with Crippen LogP contribution in [0, 0.1) is 0 Å². The molecular weight excluding hydrogens is 222 g/mol. The number of carbonyl (C=O) groups is 2. The van der Waals surface area contributed by atoms with Gasteiger partial charge in [-0.05, 0) is 12.1 Å². The second kappa shape index (κ2) is 4.48. The molecule has 2 aromatic rings. The highest BCUT2D eigenvalue weighted by atomic mass is 16.4. The molecule has 1 amide bonds. The maximum atomic E-state index is 11.8. The molecule has 0 saturated heterocycles. The highest BCUT2D eigenvalue weighted by Gasteiger charge is 2.15. The maximum Gasteiger partial charge on any atom is 0.336 e. The minimum Gasteiger partial charge on any atom is -0.478 e. The van der Waals surface area contributed by atoms with Crippen molar-refractivity contribution in [1.29, 1.82) is 0 Å². The highest BCUT2D eigenvalue weighted by Crippen LogP contribution is 2.11. The SMILES string of the molecule is O=C(O)c1ccccc1C(=O)Nc1ccn[nH]1. The first kappa shape index (κ1) is 10.9. The number of anilines is 1. The standard InChI is InChI=1S/C11H9N3O3/c15-10(13-9-5-6-12-14-9)7-3-1-2-4-8(7)11(16)17/h1-6H,(H,16,17)(H2,12,13,14,15). The van der Waals surface area contributed by atoms with Crippen LogP contribution in [0.15, 0.2) is 36.5 Å². The van der Waals surface area contributed by atoms with Crippen LogP contribution in [-0.2, 0) is 0 Å². The van der Waals surface area contributed by atoms with E-state index < -0.39 is 11.9 Å². The molecule has 0 saturated carbocycles. The molecule has 0 aliphatic rings. The molecule has 0 unspecified atom stereocenters. The van der Waals surface area contributed by atoms with E-state index in [0.717, 1.165) is 0 Å². The lowest BCUT2D eigenvalue weighted by Gasteiger charge is -2.05. The monoisotopic (exact) mass is 231 g/mol. The van der Waals surface area contributed by atoms with Crippen LogP contribution < -0.4 is 5.32 Å². The van der Waals surface area contributed by atoms with E-state index in [9.17, 15) is 9.59 Å². The van der Waals surface area contributed by atoms with Gasteiger partial charge in [0.2, 0.25) is 0 Å². The van der Waals surface area contributed by atoms with E-state index in [1.807, 2.05) is 0 Å². The summed E-state index contributed by atoms with van der Waals surface area (Å²) in [6.07, 6.45) is 1.48. The molecule has 6 heteroatoms. The lowest BCUT2D eigenvalue weighted by Crippen LogP contribution is -2.16. The Morgan fingerprint density at radius 2 is 1.88 bits per heavy atom. The lowest BCUT2D eigenvalue weighted by atomic mass is 10.1. The number of amides is 1. The Balaban J connectivity index is 2.28. The molecule has 0 bridgehead atoms. The summed E-state index contributed by atoms with van der Waals surface area (Å²) in [5.74, 6) is -1.22. The van der Waals surface area contributed by atoms with Crippen LogP contribution in [-0.4, -0.2) is 27.2 Å². The molecule has 1 aromatic heterocycles. The van der Waals surface area contributed by atoms with Crippen molar-refractivity contribution in [3.05, 3.63) is 47.7 Å². The van der Waals surface area contributed by atoms with Gasteiger partial charge >= 0.3 is 5.97 Å². The van der Waals surface area contributed by atoms with Gasteiger partial charge in [0, 0.05) is 6.07 Å².